The molecule has 0 aliphatic heterocycles. The van der Waals surface area contributed by atoms with Crippen LogP contribution >= 0.6 is 0 Å². The summed E-state index contributed by atoms with van der Waals surface area (Å²) < 4.78 is 0. The zero-order chi connectivity index (χ0) is 26.4. The second kappa shape index (κ2) is 13.3. The Hall–Kier alpha value is -1.59. The van der Waals surface area contributed by atoms with E-state index in [9.17, 15) is 14.4 Å². The fraction of sp³-hybridized carbons (Fsp3) is 0.900. The average molecular weight is 504 g/mol. The molecule has 0 aromatic heterocycles. The van der Waals surface area contributed by atoms with Crippen molar-refractivity contribution in [2.45, 2.75) is 130 Å². The number of hydrogen-bond donors (Lipinski definition) is 3. The second-order valence-corrected chi connectivity index (χ2v) is 13.6. The van der Waals surface area contributed by atoms with E-state index in [1.54, 1.807) is 0 Å². The van der Waals surface area contributed by atoms with E-state index in [4.69, 9.17) is 0 Å². The van der Waals surface area contributed by atoms with Crippen LogP contribution < -0.4 is 16.0 Å². The van der Waals surface area contributed by atoms with Crippen molar-refractivity contribution in [2.75, 3.05) is 0 Å². The number of hydrogen-bond acceptors (Lipinski definition) is 3. The van der Waals surface area contributed by atoms with Gasteiger partial charge >= 0.3 is 0 Å². The number of carbonyl (C=O) groups is 3. The highest BCUT2D eigenvalue weighted by molar-refractivity contribution is 5.90. The lowest BCUT2D eigenvalue weighted by molar-refractivity contribution is -0.134. The largest absolute Gasteiger partial charge is 0.353 e. The SMILES string of the molecule is CC1CC(C)CC(NC(=O)CC(CC(=O)NC2CC(C)CC(C)C2)C(=O)NC2CC(C)CC(C)C2)C1. The Morgan fingerprint density at radius 3 is 1.08 bits per heavy atom. The van der Waals surface area contributed by atoms with E-state index in [1.165, 1.54) is 19.3 Å². The van der Waals surface area contributed by atoms with E-state index < -0.39 is 5.92 Å². The lowest BCUT2D eigenvalue weighted by Crippen LogP contribution is -2.47. The summed E-state index contributed by atoms with van der Waals surface area (Å²) in [5, 5.41) is 9.62. The number of amides is 3. The van der Waals surface area contributed by atoms with Gasteiger partial charge in [-0.15, -0.1) is 0 Å². The highest BCUT2D eigenvalue weighted by Gasteiger charge is 2.33. The Morgan fingerprint density at radius 1 is 0.500 bits per heavy atom. The van der Waals surface area contributed by atoms with Crippen LogP contribution in [0.4, 0.5) is 0 Å². The van der Waals surface area contributed by atoms with Gasteiger partial charge in [-0.3, -0.25) is 14.4 Å². The maximum absolute atomic E-state index is 13.4. The molecule has 0 bridgehead atoms. The van der Waals surface area contributed by atoms with E-state index in [0.29, 0.717) is 35.5 Å². The van der Waals surface area contributed by atoms with Gasteiger partial charge in [-0.25, -0.2) is 0 Å². The van der Waals surface area contributed by atoms with Crippen LogP contribution in [0.3, 0.4) is 0 Å². The molecule has 0 saturated heterocycles. The van der Waals surface area contributed by atoms with Gasteiger partial charge in [-0.05, 0) is 93.3 Å². The summed E-state index contributed by atoms with van der Waals surface area (Å²) in [7, 11) is 0. The molecule has 3 saturated carbocycles. The number of nitrogens with one attached hydrogen (secondary N) is 3. The van der Waals surface area contributed by atoms with Crippen molar-refractivity contribution in [3.05, 3.63) is 0 Å². The van der Waals surface area contributed by atoms with Gasteiger partial charge in [0, 0.05) is 31.0 Å². The van der Waals surface area contributed by atoms with Gasteiger partial charge in [0.1, 0.15) is 0 Å². The monoisotopic (exact) mass is 503 g/mol. The fourth-order valence-corrected chi connectivity index (χ4v) is 7.79. The van der Waals surface area contributed by atoms with Crippen LogP contribution in [-0.2, 0) is 14.4 Å². The molecule has 36 heavy (non-hydrogen) atoms. The van der Waals surface area contributed by atoms with Crippen molar-refractivity contribution in [3.8, 4) is 0 Å². The molecule has 0 aromatic rings. The quantitative estimate of drug-likeness (QED) is 0.425. The maximum Gasteiger partial charge on any atom is 0.224 e. The summed E-state index contributed by atoms with van der Waals surface area (Å²) in [4.78, 5) is 39.6. The van der Waals surface area contributed by atoms with Crippen LogP contribution in [-0.4, -0.2) is 35.8 Å². The molecule has 6 atom stereocenters. The summed E-state index contributed by atoms with van der Waals surface area (Å²) >= 11 is 0. The first-order chi connectivity index (χ1) is 17.0. The zero-order valence-corrected chi connectivity index (χ0v) is 23.8. The Bertz CT molecular complexity index is 684. The molecule has 6 unspecified atom stereocenters. The minimum Gasteiger partial charge on any atom is -0.353 e. The molecule has 206 valence electrons. The average Bonchev–Trinajstić information content (AvgIpc) is 2.70. The minimum absolute atomic E-state index is 0.0772. The van der Waals surface area contributed by atoms with Crippen molar-refractivity contribution in [3.63, 3.8) is 0 Å². The molecule has 6 nitrogen and oxygen atoms in total. The first-order valence-electron chi connectivity index (χ1n) is 14.9. The predicted molar refractivity (Wildman–Crippen MR) is 145 cm³/mol. The smallest absolute Gasteiger partial charge is 0.224 e. The van der Waals surface area contributed by atoms with Crippen molar-refractivity contribution in [1.29, 1.82) is 0 Å². The molecule has 3 fully saturated rings. The first kappa shape index (κ1) is 29.0. The van der Waals surface area contributed by atoms with Crippen molar-refractivity contribution < 1.29 is 14.4 Å². The zero-order valence-electron chi connectivity index (χ0n) is 23.8. The van der Waals surface area contributed by atoms with Crippen molar-refractivity contribution >= 4 is 17.7 Å². The molecule has 3 amide bonds. The maximum atomic E-state index is 13.4. The normalized spacial score (nSPS) is 38.0. The second-order valence-electron chi connectivity index (χ2n) is 13.6. The standard InChI is InChI=1S/C30H53N3O3/c1-18-7-19(2)11-25(10-18)31-28(34)16-24(30(36)33-27-14-22(5)9-23(6)15-27)17-29(35)32-26-12-20(3)8-21(4)13-26/h18-27H,7-17H2,1-6H3,(H,31,34)(H,32,35)(H,33,36). The van der Waals surface area contributed by atoms with E-state index in [1.807, 2.05) is 0 Å². The van der Waals surface area contributed by atoms with Gasteiger partial charge in [0.15, 0.2) is 0 Å². The van der Waals surface area contributed by atoms with E-state index in [0.717, 1.165) is 38.5 Å². The number of carbonyl (C=O) groups excluding carboxylic acids is 3. The lowest BCUT2D eigenvalue weighted by atomic mass is 9.80. The molecule has 0 spiro atoms. The van der Waals surface area contributed by atoms with Crippen LogP contribution in [0.2, 0.25) is 0 Å². The van der Waals surface area contributed by atoms with Gasteiger partial charge in [0.25, 0.3) is 0 Å². The molecule has 6 heteroatoms. The summed E-state index contributed by atoms with van der Waals surface area (Å²) in [5.41, 5.74) is 0. The van der Waals surface area contributed by atoms with E-state index >= 15 is 0 Å². The van der Waals surface area contributed by atoms with Gasteiger partial charge in [-0.2, -0.15) is 0 Å². The third kappa shape index (κ3) is 9.37. The third-order valence-electron chi connectivity index (χ3n) is 8.85. The molecule has 3 aliphatic carbocycles. The highest BCUT2D eigenvalue weighted by atomic mass is 16.2. The molecule has 0 heterocycles. The van der Waals surface area contributed by atoms with Crippen molar-refractivity contribution in [2.24, 2.45) is 41.4 Å². The van der Waals surface area contributed by atoms with Gasteiger partial charge < -0.3 is 16.0 Å². The topological polar surface area (TPSA) is 87.3 Å². The van der Waals surface area contributed by atoms with Gasteiger partial charge in [0.2, 0.25) is 17.7 Å². The van der Waals surface area contributed by atoms with E-state index in [2.05, 4.69) is 57.5 Å². The van der Waals surface area contributed by atoms with Crippen LogP contribution in [0.25, 0.3) is 0 Å². The number of rotatable bonds is 8. The van der Waals surface area contributed by atoms with Gasteiger partial charge in [-0.1, -0.05) is 41.5 Å². The lowest BCUT2D eigenvalue weighted by Gasteiger charge is -2.34. The fourth-order valence-electron chi connectivity index (χ4n) is 7.79. The highest BCUT2D eigenvalue weighted by Crippen LogP contribution is 2.31. The minimum atomic E-state index is -0.630. The summed E-state index contributed by atoms with van der Waals surface area (Å²) in [6.07, 6.45) is 9.65. The molecule has 3 N–H and O–H groups in total. The summed E-state index contributed by atoms with van der Waals surface area (Å²) in [6.45, 7) is 13.5. The molecule has 0 aromatic carbocycles. The third-order valence-corrected chi connectivity index (χ3v) is 8.85. The molecular formula is C30H53N3O3. The summed E-state index contributed by atoms with van der Waals surface area (Å²) in [6, 6.07) is 0.461. The molecule has 3 aliphatic rings. The predicted octanol–water partition coefficient (Wildman–Crippen LogP) is 5.21. The van der Waals surface area contributed by atoms with Crippen LogP contribution in [0, 0.1) is 41.4 Å². The Labute approximate surface area is 219 Å². The molecule has 0 radical (unpaired) electrons. The van der Waals surface area contributed by atoms with Crippen LogP contribution in [0.15, 0.2) is 0 Å². The molecule has 3 rings (SSSR count). The Morgan fingerprint density at radius 2 is 0.778 bits per heavy atom. The van der Waals surface area contributed by atoms with E-state index in [-0.39, 0.29) is 48.7 Å². The van der Waals surface area contributed by atoms with Crippen LogP contribution in [0.1, 0.15) is 112 Å². The van der Waals surface area contributed by atoms with Gasteiger partial charge in [0.05, 0.1) is 5.92 Å². The Kier molecular flexibility index (Phi) is 10.7. The first-order valence-corrected chi connectivity index (χ1v) is 14.9. The Balaban J connectivity index is 1.61. The van der Waals surface area contributed by atoms with Crippen molar-refractivity contribution in [1.82, 2.24) is 16.0 Å². The van der Waals surface area contributed by atoms with Crippen LogP contribution in [0.5, 0.6) is 0 Å². The summed E-state index contributed by atoms with van der Waals surface area (Å²) in [5.74, 6) is 2.58. The molecular weight excluding hydrogens is 450 g/mol.